The Morgan fingerprint density at radius 2 is 2.31 bits per heavy atom. The maximum absolute atomic E-state index is 5.97. The third-order valence-corrected chi connectivity index (χ3v) is 3.58. The molecule has 0 aliphatic carbocycles. The molecule has 1 aromatic rings. The quantitative estimate of drug-likeness (QED) is 0.823. The molecule has 4 nitrogen and oxygen atoms in total. The Kier molecular flexibility index (Phi) is 3.30. The van der Waals surface area contributed by atoms with Gasteiger partial charge in [-0.05, 0) is 32.9 Å². The lowest BCUT2D eigenvalue weighted by molar-refractivity contribution is 0.156. The number of likely N-dealkylation sites (tertiary alicyclic amines) is 1. The largest absolute Gasteiger partial charge is 0.330 e. The van der Waals surface area contributed by atoms with Crippen LogP contribution in [0.25, 0.3) is 0 Å². The first-order valence-corrected chi connectivity index (χ1v) is 6.05. The minimum absolute atomic E-state index is 0.0642. The van der Waals surface area contributed by atoms with Crippen molar-refractivity contribution in [2.24, 2.45) is 11.7 Å². The first-order valence-electron chi connectivity index (χ1n) is 6.05. The molecule has 0 radical (unpaired) electrons. The highest BCUT2D eigenvalue weighted by Crippen LogP contribution is 2.29. The minimum atomic E-state index is 0.0642. The van der Waals surface area contributed by atoms with Crippen LogP contribution in [0.3, 0.4) is 0 Å². The van der Waals surface area contributed by atoms with Crippen molar-refractivity contribution in [3.05, 3.63) is 18.2 Å². The molecule has 2 heterocycles. The normalized spacial score (nSPS) is 29.2. The van der Waals surface area contributed by atoms with Crippen LogP contribution in [0.5, 0.6) is 0 Å². The minimum Gasteiger partial charge on any atom is -0.330 e. The SMILES string of the molecule is CC1CN(C)CCC1n1cncc1[C@H](C)N. The summed E-state index contributed by atoms with van der Waals surface area (Å²) < 4.78 is 2.28. The molecule has 0 bridgehead atoms. The van der Waals surface area contributed by atoms with Gasteiger partial charge in [-0.1, -0.05) is 6.92 Å². The summed E-state index contributed by atoms with van der Waals surface area (Å²) in [5.74, 6) is 0.658. The number of piperidine rings is 1. The second-order valence-electron chi connectivity index (χ2n) is 5.11. The summed E-state index contributed by atoms with van der Waals surface area (Å²) in [5.41, 5.74) is 7.12. The van der Waals surface area contributed by atoms with E-state index < -0.39 is 0 Å². The Bertz CT molecular complexity index is 345. The van der Waals surface area contributed by atoms with Gasteiger partial charge in [0.05, 0.1) is 12.0 Å². The van der Waals surface area contributed by atoms with Gasteiger partial charge in [0.15, 0.2) is 0 Å². The predicted octanol–water partition coefficient (Wildman–Crippen LogP) is 1.42. The first-order chi connectivity index (χ1) is 7.59. The molecule has 2 unspecified atom stereocenters. The Morgan fingerprint density at radius 3 is 2.94 bits per heavy atom. The molecule has 0 amide bonds. The van der Waals surface area contributed by atoms with Gasteiger partial charge < -0.3 is 15.2 Å². The van der Waals surface area contributed by atoms with Crippen LogP contribution in [0, 0.1) is 5.92 Å². The maximum atomic E-state index is 5.97. The van der Waals surface area contributed by atoms with Crippen LogP contribution in [0.15, 0.2) is 12.5 Å². The van der Waals surface area contributed by atoms with Crippen molar-refractivity contribution >= 4 is 0 Å². The van der Waals surface area contributed by atoms with Crippen molar-refractivity contribution in [1.29, 1.82) is 0 Å². The van der Waals surface area contributed by atoms with E-state index in [4.69, 9.17) is 5.73 Å². The fraction of sp³-hybridized carbons (Fsp3) is 0.750. The van der Waals surface area contributed by atoms with Crippen LogP contribution in [0.4, 0.5) is 0 Å². The molecule has 1 aliphatic heterocycles. The van der Waals surface area contributed by atoms with E-state index in [0.29, 0.717) is 12.0 Å². The Labute approximate surface area is 97.4 Å². The van der Waals surface area contributed by atoms with Gasteiger partial charge in [-0.3, -0.25) is 0 Å². The molecule has 4 heteroatoms. The number of nitrogens with two attached hydrogens (primary N) is 1. The van der Waals surface area contributed by atoms with Gasteiger partial charge in [0.1, 0.15) is 0 Å². The fourth-order valence-corrected chi connectivity index (χ4v) is 2.70. The fourth-order valence-electron chi connectivity index (χ4n) is 2.70. The van der Waals surface area contributed by atoms with E-state index >= 15 is 0 Å². The number of imidazole rings is 1. The van der Waals surface area contributed by atoms with E-state index in [1.54, 1.807) is 0 Å². The van der Waals surface area contributed by atoms with Gasteiger partial charge in [0.2, 0.25) is 0 Å². The van der Waals surface area contributed by atoms with Crippen LogP contribution < -0.4 is 5.73 Å². The monoisotopic (exact) mass is 222 g/mol. The van der Waals surface area contributed by atoms with Gasteiger partial charge in [-0.15, -0.1) is 0 Å². The number of hydrogen-bond donors (Lipinski definition) is 1. The highest BCUT2D eigenvalue weighted by Gasteiger charge is 2.27. The third kappa shape index (κ3) is 2.13. The predicted molar refractivity (Wildman–Crippen MR) is 65.1 cm³/mol. The molecular weight excluding hydrogens is 200 g/mol. The van der Waals surface area contributed by atoms with E-state index in [-0.39, 0.29) is 6.04 Å². The summed E-state index contributed by atoms with van der Waals surface area (Å²) in [6.07, 6.45) is 5.02. The van der Waals surface area contributed by atoms with E-state index in [1.165, 1.54) is 6.42 Å². The number of aromatic nitrogens is 2. The average molecular weight is 222 g/mol. The number of rotatable bonds is 2. The standard InChI is InChI=1S/C12H22N4/c1-9-7-15(3)5-4-11(9)16-8-14-6-12(16)10(2)13/h6,8-11H,4-5,7,13H2,1-3H3/t9?,10-,11?/m0/s1. The summed E-state index contributed by atoms with van der Waals surface area (Å²) in [6, 6.07) is 0.619. The van der Waals surface area contributed by atoms with Crippen LogP contribution >= 0.6 is 0 Å². The zero-order valence-electron chi connectivity index (χ0n) is 10.4. The topological polar surface area (TPSA) is 47.1 Å². The van der Waals surface area contributed by atoms with Crippen molar-refractivity contribution in [3.8, 4) is 0 Å². The van der Waals surface area contributed by atoms with Gasteiger partial charge in [0, 0.05) is 24.8 Å². The highest BCUT2D eigenvalue weighted by atomic mass is 15.2. The summed E-state index contributed by atoms with van der Waals surface area (Å²) >= 11 is 0. The van der Waals surface area contributed by atoms with E-state index in [2.05, 4.69) is 28.4 Å². The molecule has 1 aromatic heterocycles. The summed E-state index contributed by atoms with van der Waals surface area (Å²) in [5, 5.41) is 0. The first kappa shape index (κ1) is 11.6. The van der Waals surface area contributed by atoms with Gasteiger partial charge in [-0.2, -0.15) is 0 Å². The van der Waals surface area contributed by atoms with Crippen molar-refractivity contribution in [3.63, 3.8) is 0 Å². The molecule has 1 saturated heterocycles. The zero-order valence-corrected chi connectivity index (χ0v) is 10.4. The molecule has 90 valence electrons. The van der Waals surface area contributed by atoms with Crippen LogP contribution in [0.1, 0.15) is 38.0 Å². The summed E-state index contributed by atoms with van der Waals surface area (Å²) in [4.78, 5) is 6.63. The second kappa shape index (κ2) is 4.55. The number of nitrogens with zero attached hydrogens (tertiary/aromatic N) is 3. The Morgan fingerprint density at radius 1 is 1.56 bits per heavy atom. The number of hydrogen-bond acceptors (Lipinski definition) is 3. The Hall–Kier alpha value is -0.870. The zero-order chi connectivity index (χ0) is 11.7. The maximum Gasteiger partial charge on any atom is 0.0951 e. The lowest BCUT2D eigenvalue weighted by Gasteiger charge is -2.36. The molecule has 16 heavy (non-hydrogen) atoms. The summed E-state index contributed by atoms with van der Waals surface area (Å²) in [7, 11) is 2.19. The molecular formula is C12H22N4. The van der Waals surface area contributed by atoms with Crippen molar-refractivity contribution < 1.29 is 0 Å². The van der Waals surface area contributed by atoms with Crippen LogP contribution in [0.2, 0.25) is 0 Å². The smallest absolute Gasteiger partial charge is 0.0951 e. The van der Waals surface area contributed by atoms with E-state index in [1.807, 2.05) is 19.4 Å². The van der Waals surface area contributed by atoms with Crippen LogP contribution in [-0.4, -0.2) is 34.6 Å². The lowest BCUT2D eigenvalue weighted by atomic mass is 9.93. The van der Waals surface area contributed by atoms with Crippen molar-refractivity contribution in [1.82, 2.24) is 14.5 Å². The molecule has 1 fully saturated rings. The third-order valence-electron chi connectivity index (χ3n) is 3.58. The van der Waals surface area contributed by atoms with Crippen LogP contribution in [-0.2, 0) is 0 Å². The van der Waals surface area contributed by atoms with Crippen molar-refractivity contribution in [2.45, 2.75) is 32.4 Å². The summed E-state index contributed by atoms with van der Waals surface area (Å²) in [6.45, 7) is 6.64. The van der Waals surface area contributed by atoms with E-state index in [9.17, 15) is 0 Å². The average Bonchev–Trinajstić information content (AvgIpc) is 2.66. The van der Waals surface area contributed by atoms with Crippen molar-refractivity contribution in [2.75, 3.05) is 20.1 Å². The molecule has 1 aliphatic rings. The van der Waals surface area contributed by atoms with E-state index in [0.717, 1.165) is 18.8 Å². The molecule has 0 aromatic carbocycles. The molecule has 2 N–H and O–H groups in total. The second-order valence-corrected chi connectivity index (χ2v) is 5.11. The molecule has 0 saturated carbocycles. The molecule has 0 spiro atoms. The highest BCUT2D eigenvalue weighted by molar-refractivity contribution is 5.06. The molecule has 3 atom stereocenters. The lowest BCUT2D eigenvalue weighted by Crippen LogP contribution is -2.38. The Balaban J connectivity index is 2.20. The molecule has 2 rings (SSSR count). The van der Waals surface area contributed by atoms with Gasteiger partial charge in [-0.25, -0.2) is 4.98 Å². The van der Waals surface area contributed by atoms with Gasteiger partial charge in [0.25, 0.3) is 0 Å². The van der Waals surface area contributed by atoms with Gasteiger partial charge >= 0.3 is 0 Å².